The Morgan fingerprint density at radius 1 is 1.07 bits per heavy atom. The highest BCUT2D eigenvalue weighted by atomic mass is 35.5. The molecule has 0 atom stereocenters. The van der Waals surface area contributed by atoms with E-state index in [0.717, 1.165) is 44.6 Å². The number of benzene rings is 2. The molecule has 0 aliphatic heterocycles. The van der Waals surface area contributed by atoms with E-state index in [4.69, 9.17) is 22.1 Å². The van der Waals surface area contributed by atoms with Crippen LogP contribution in [0.15, 0.2) is 60.9 Å². The summed E-state index contributed by atoms with van der Waals surface area (Å²) >= 11 is 7.49. The van der Waals surface area contributed by atoms with Gasteiger partial charge in [-0.2, -0.15) is 0 Å². The molecule has 0 bridgehead atoms. The molecule has 2 aromatic heterocycles. The van der Waals surface area contributed by atoms with Crippen molar-refractivity contribution in [1.82, 2.24) is 9.97 Å². The Balaban J connectivity index is 1.37. The molecule has 3 N–H and O–H groups in total. The fourth-order valence-corrected chi connectivity index (χ4v) is 3.92. The lowest BCUT2D eigenvalue weighted by Crippen LogP contribution is -2.07. The number of rotatable bonds is 7. The number of halogens is 1. The average Bonchev–Trinajstić information content (AvgIpc) is 3.12. The van der Waals surface area contributed by atoms with Crippen molar-refractivity contribution in [2.24, 2.45) is 0 Å². The van der Waals surface area contributed by atoms with Crippen molar-refractivity contribution < 1.29 is 4.74 Å². The van der Waals surface area contributed by atoms with Crippen molar-refractivity contribution in [3.05, 3.63) is 75.7 Å². The van der Waals surface area contributed by atoms with Crippen molar-refractivity contribution in [3.8, 4) is 5.75 Å². The molecule has 5 nitrogen and oxygen atoms in total. The third-order valence-corrected chi connectivity index (χ3v) is 5.48. The van der Waals surface area contributed by atoms with Gasteiger partial charge in [0.15, 0.2) is 0 Å². The molecule has 4 aromatic rings. The standard InChI is InChI=1S/C21H19ClN4OS/c22-20-7-5-17(28-20)12-27-16-3-1-2-14(10-16)8-9-24-21-18-11-15(23)4-6-19(18)25-13-26-21/h1-7,10-11,13H,8-9,12,23H2,(H,24,25,26). The maximum atomic E-state index is 5.96. The van der Waals surface area contributed by atoms with E-state index in [9.17, 15) is 0 Å². The van der Waals surface area contributed by atoms with Gasteiger partial charge in [-0.1, -0.05) is 23.7 Å². The fourth-order valence-electron chi connectivity index (χ4n) is 2.91. The summed E-state index contributed by atoms with van der Waals surface area (Å²) in [7, 11) is 0. The number of aromatic nitrogens is 2. The Kier molecular flexibility index (Phi) is 5.60. The van der Waals surface area contributed by atoms with Gasteiger partial charge in [-0.25, -0.2) is 9.97 Å². The van der Waals surface area contributed by atoms with E-state index in [1.165, 1.54) is 16.9 Å². The second-order valence-corrected chi connectivity index (χ2v) is 8.12. The lowest BCUT2D eigenvalue weighted by Gasteiger charge is -2.10. The highest BCUT2D eigenvalue weighted by molar-refractivity contribution is 7.16. The van der Waals surface area contributed by atoms with Crippen molar-refractivity contribution >= 4 is 45.3 Å². The summed E-state index contributed by atoms with van der Waals surface area (Å²) in [5.74, 6) is 1.64. The summed E-state index contributed by atoms with van der Waals surface area (Å²) in [6, 6.07) is 17.6. The van der Waals surface area contributed by atoms with Gasteiger partial charge in [-0.15, -0.1) is 11.3 Å². The van der Waals surface area contributed by atoms with Crippen LogP contribution in [0.2, 0.25) is 4.34 Å². The number of thiophene rings is 1. The van der Waals surface area contributed by atoms with Crippen LogP contribution in [0.5, 0.6) is 5.75 Å². The zero-order valence-electron chi connectivity index (χ0n) is 15.1. The summed E-state index contributed by atoms with van der Waals surface area (Å²) < 4.78 is 6.65. The van der Waals surface area contributed by atoms with Crippen LogP contribution in [0.1, 0.15) is 10.4 Å². The first-order chi connectivity index (χ1) is 13.7. The van der Waals surface area contributed by atoms with Gasteiger partial charge in [-0.05, 0) is 54.4 Å². The van der Waals surface area contributed by atoms with Gasteiger partial charge in [0.05, 0.1) is 9.85 Å². The predicted molar refractivity (Wildman–Crippen MR) is 116 cm³/mol. The van der Waals surface area contributed by atoms with Crippen molar-refractivity contribution in [2.45, 2.75) is 13.0 Å². The van der Waals surface area contributed by atoms with Crippen LogP contribution in [0.4, 0.5) is 11.5 Å². The van der Waals surface area contributed by atoms with Crippen LogP contribution >= 0.6 is 22.9 Å². The summed E-state index contributed by atoms with van der Waals surface area (Å²) in [6.07, 6.45) is 2.40. The van der Waals surface area contributed by atoms with Gasteiger partial charge in [0, 0.05) is 22.5 Å². The minimum Gasteiger partial charge on any atom is -0.488 e. The molecule has 4 rings (SSSR count). The first-order valence-corrected chi connectivity index (χ1v) is 10.1. The number of fused-ring (bicyclic) bond motifs is 1. The molecular weight excluding hydrogens is 392 g/mol. The molecule has 0 fully saturated rings. The lowest BCUT2D eigenvalue weighted by atomic mass is 10.1. The maximum absolute atomic E-state index is 5.96. The van der Waals surface area contributed by atoms with Gasteiger partial charge in [0.1, 0.15) is 24.5 Å². The number of hydrogen-bond acceptors (Lipinski definition) is 6. The monoisotopic (exact) mass is 410 g/mol. The van der Waals surface area contributed by atoms with E-state index in [1.807, 2.05) is 42.5 Å². The Hall–Kier alpha value is -2.83. The molecule has 0 saturated carbocycles. The molecule has 0 aliphatic rings. The van der Waals surface area contributed by atoms with Gasteiger partial charge in [0.25, 0.3) is 0 Å². The third-order valence-electron chi connectivity index (χ3n) is 4.27. The number of anilines is 2. The van der Waals surface area contributed by atoms with Gasteiger partial charge >= 0.3 is 0 Å². The molecule has 7 heteroatoms. The van der Waals surface area contributed by atoms with Crippen LogP contribution in [-0.4, -0.2) is 16.5 Å². The highest BCUT2D eigenvalue weighted by Gasteiger charge is 2.05. The quantitative estimate of drug-likeness (QED) is 0.411. The maximum Gasteiger partial charge on any atom is 0.137 e. The SMILES string of the molecule is Nc1ccc2ncnc(NCCc3cccc(OCc4ccc(Cl)s4)c3)c2c1. The van der Waals surface area contributed by atoms with Crippen LogP contribution < -0.4 is 15.8 Å². The largest absolute Gasteiger partial charge is 0.488 e. The van der Waals surface area contributed by atoms with Crippen LogP contribution in [0.3, 0.4) is 0 Å². The molecule has 2 heterocycles. The average molecular weight is 411 g/mol. The first kappa shape index (κ1) is 18.5. The van der Waals surface area contributed by atoms with E-state index in [0.29, 0.717) is 12.3 Å². The van der Waals surface area contributed by atoms with Crippen molar-refractivity contribution in [2.75, 3.05) is 17.6 Å². The van der Waals surface area contributed by atoms with Gasteiger partial charge < -0.3 is 15.8 Å². The van der Waals surface area contributed by atoms with Crippen LogP contribution in [0, 0.1) is 0 Å². The minimum absolute atomic E-state index is 0.521. The van der Waals surface area contributed by atoms with Gasteiger partial charge in [-0.3, -0.25) is 0 Å². The number of ether oxygens (including phenoxy) is 1. The summed E-state index contributed by atoms with van der Waals surface area (Å²) in [6.45, 7) is 1.26. The molecule has 0 spiro atoms. The molecule has 0 saturated heterocycles. The zero-order chi connectivity index (χ0) is 19.3. The summed E-state index contributed by atoms with van der Waals surface area (Å²) in [5, 5.41) is 4.31. The highest BCUT2D eigenvalue weighted by Crippen LogP contribution is 2.24. The molecule has 142 valence electrons. The van der Waals surface area contributed by atoms with Gasteiger partial charge in [0.2, 0.25) is 0 Å². The van der Waals surface area contributed by atoms with Crippen molar-refractivity contribution in [3.63, 3.8) is 0 Å². The second kappa shape index (κ2) is 8.46. The summed E-state index contributed by atoms with van der Waals surface area (Å²) in [5.41, 5.74) is 8.65. The molecule has 0 amide bonds. The Morgan fingerprint density at radius 2 is 2.00 bits per heavy atom. The summed E-state index contributed by atoms with van der Waals surface area (Å²) in [4.78, 5) is 9.73. The van der Waals surface area contributed by atoms with E-state index in [2.05, 4.69) is 27.4 Å². The lowest BCUT2D eigenvalue weighted by molar-refractivity contribution is 0.309. The van der Waals surface area contributed by atoms with Crippen LogP contribution in [-0.2, 0) is 13.0 Å². The third kappa shape index (κ3) is 4.52. The van der Waals surface area contributed by atoms with E-state index in [-0.39, 0.29) is 0 Å². The normalized spacial score (nSPS) is 10.9. The first-order valence-electron chi connectivity index (χ1n) is 8.87. The predicted octanol–water partition coefficient (Wildman–Crippen LogP) is 5.16. The number of hydrogen-bond donors (Lipinski definition) is 2. The van der Waals surface area contributed by atoms with Crippen molar-refractivity contribution in [1.29, 1.82) is 0 Å². The van der Waals surface area contributed by atoms with Crippen LogP contribution in [0.25, 0.3) is 10.9 Å². The number of nitrogens with one attached hydrogen (secondary N) is 1. The second-order valence-electron chi connectivity index (χ2n) is 6.32. The van der Waals surface area contributed by atoms with E-state index < -0.39 is 0 Å². The number of nitrogens with two attached hydrogens (primary N) is 1. The molecule has 0 unspecified atom stereocenters. The number of nitrogen functional groups attached to an aromatic ring is 1. The zero-order valence-corrected chi connectivity index (χ0v) is 16.6. The van der Waals surface area contributed by atoms with E-state index >= 15 is 0 Å². The van der Waals surface area contributed by atoms with E-state index in [1.54, 1.807) is 6.33 Å². The molecule has 0 radical (unpaired) electrons. The Morgan fingerprint density at radius 3 is 2.86 bits per heavy atom. The topological polar surface area (TPSA) is 73.1 Å². The Labute approximate surface area is 172 Å². The smallest absolute Gasteiger partial charge is 0.137 e. The molecule has 2 aromatic carbocycles. The molecular formula is C21H19ClN4OS. The Bertz CT molecular complexity index is 1100. The molecule has 0 aliphatic carbocycles. The number of nitrogens with zero attached hydrogens (tertiary/aromatic N) is 2. The fraction of sp³-hybridized carbons (Fsp3) is 0.143. The molecule has 28 heavy (non-hydrogen) atoms. The minimum atomic E-state index is 0.521.